The molecular formula is C15H22N2O2. The van der Waals surface area contributed by atoms with Crippen LogP contribution in [0, 0.1) is 0 Å². The van der Waals surface area contributed by atoms with Crippen molar-refractivity contribution in [2.24, 2.45) is 0 Å². The van der Waals surface area contributed by atoms with Crippen molar-refractivity contribution in [1.82, 2.24) is 4.90 Å². The van der Waals surface area contributed by atoms with E-state index in [-0.39, 0.29) is 6.04 Å². The smallest absolute Gasteiger partial charge is 0.320 e. The van der Waals surface area contributed by atoms with Crippen LogP contribution in [0.3, 0.4) is 0 Å². The molecule has 1 aliphatic rings. The second-order valence-corrected chi connectivity index (χ2v) is 5.06. The summed E-state index contributed by atoms with van der Waals surface area (Å²) in [4.78, 5) is 15.3. The van der Waals surface area contributed by atoms with Gasteiger partial charge in [-0.1, -0.05) is 19.1 Å². The topological polar surface area (TPSA) is 43.8 Å². The molecule has 0 spiro atoms. The number of aryl methyl sites for hydroxylation is 1. The molecule has 1 atom stereocenters. The van der Waals surface area contributed by atoms with E-state index in [4.69, 9.17) is 5.11 Å². The van der Waals surface area contributed by atoms with Crippen molar-refractivity contribution >= 4 is 11.7 Å². The lowest BCUT2D eigenvalue weighted by molar-refractivity contribution is -0.142. The maximum atomic E-state index is 11.0. The van der Waals surface area contributed by atoms with Gasteiger partial charge < -0.3 is 10.0 Å². The normalized spacial score (nSPS) is 18.3. The van der Waals surface area contributed by atoms with Crippen LogP contribution >= 0.6 is 0 Å². The van der Waals surface area contributed by atoms with Crippen LogP contribution in [0.25, 0.3) is 0 Å². The second-order valence-electron chi connectivity index (χ2n) is 5.06. The molecule has 4 nitrogen and oxygen atoms in total. The van der Waals surface area contributed by atoms with Gasteiger partial charge in [-0.3, -0.25) is 9.69 Å². The molecule has 0 radical (unpaired) electrons. The Labute approximate surface area is 114 Å². The van der Waals surface area contributed by atoms with E-state index in [9.17, 15) is 4.79 Å². The predicted octanol–water partition coefficient (Wildman–Crippen LogP) is 1.84. The van der Waals surface area contributed by atoms with Gasteiger partial charge in [0.25, 0.3) is 0 Å². The van der Waals surface area contributed by atoms with Gasteiger partial charge >= 0.3 is 5.97 Å². The molecule has 1 aromatic carbocycles. The summed E-state index contributed by atoms with van der Waals surface area (Å²) in [5, 5.41) is 9.02. The summed E-state index contributed by atoms with van der Waals surface area (Å²) in [6.07, 6.45) is 1.06. The number of benzene rings is 1. The van der Waals surface area contributed by atoms with Gasteiger partial charge in [-0.15, -0.1) is 0 Å². The van der Waals surface area contributed by atoms with Crippen molar-refractivity contribution < 1.29 is 9.90 Å². The van der Waals surface area contributed by atoms with Crippen molar-refractivity contribution in [1.29, 1.82) is 0 Å². The number of piperazine rings is 1. The van der Waals surface area contributed by atoms with Crippen LogP contribution < -0.4 is 4.90 Å². The van der Waals surface area contributed by atoms with E-state index in [2.05, 4.69) is 36.1 Å². The fourth-order valence-electron chi connectivity index (χ4n) is 2.47. The molecule has 4 heteroatoms. The van der Waals surface area contributed by atoms with Crippen LogP contribution in [0.5, 0.6) is 0 Å². The molecule has 2 rings (SSSR count). The quantitative estimate of drug-likeness (QED) is 0.899. The zero-order chi connectivity index (χ0) is 13.8. The van der Waals surface area contributed by atoms with E-state index in [1.807, 2.05) is 4.90 Å². The molecule has 0 aromatic heterocycles. The van der Waals surface area contributed by atoms with E-state index in [1.54, 1.807) is 6.92 Å². The van der Waals surface area contributed by atoms with E-state index >= 15 is 0 Å². The monoisotopic (exact) mass is 262 g/mol. The number of carboxylic acids is 1. The number of rotatable bonds is 4. The van der Waals surface area contributed by atoms with Crippen LogP contribution in [0.1, 0.15) is 19.4 Å². The molecule has 104 valence electrons. The Morgan fingerprint density at radius 2 is 1.79 bits per heavy atom. The average Bonchev–Trinajstić information content (AvgIpc) is 2.46. The van der Waals surface area contributed by atoms with Gasteiger partial charge in [0.05, 0.1) is 0 Å². The summed E-state index contributed by atoms with van der Waals surface area (Å²) in [6.45, 7) is 7.31. The maximum Gasteiger partial charge on any atom is 0.320 e. The van der Waals surface area contributed by atoms with Crippen LogP contribution in [0.2, 0.25) is 0 Å². The Morgan fingerprint density at radius 1 is 1.21 bits per heavy atom. The van der Waals surface area contributed by atoms with Gasteiger partial charge in [0, 0.05) is 31.9 Å². The van der Waals surface area contributed by atoms with Gasteiger partial charge in [0.2, 0.25) is 0 Å². The summed E-state index contributed by atoms with van der Waals surface area (Å²) in [6, 6.07) is 8.28. The van der Waals surface area contributed by atoms with Crippen molar-refractivity contribution in [2.45, 2.75) is 26.3 Å². The molecule has 1 unspecified atom stereocenters. The summed E-state index contributed by atoms with van der Waals surface area (Å²) >= 11 is 0. The fourth-order valence-corrected chi connectivity index (χ4v) is 2.47. The Morgan fingerprint density at radius 3 is 2.26 bits per heavy atom. The van der Waals surface area contributed by atoms with Crippen molar-refractivity contribution in [2.75, 3.05) is 31.1 Å². The van der Waals surface area contributed by atoms with Crippen molar-refractivity contribution in [3.8, 4) is 0 Å². The van der Waals surface area contributed by atoms with Gasteiger partial charge in [-0.05, 0) is 31.0 Å². The number of carbonyl (C=O) groups is 1. The highest BCUT2D eigenvalue weighted by atomic mass is 16.4. The molecule has 1 aromatic rings. The molecule has 0 amide bonds. The van der Waals surface area contributed by atoms with Crippen molar-refractivity contribution in [3.63, 3.8) is 0 Å². The summed E-state index contributed by atoms with van der Waals surface area (Å²) in [5.74, 6) is -0.735. The third-order valence-corrected chi connectivity index (χ3v) is 3.93. The van der Waals surface area contributed by atoms with Crippen molar-refractivity contribution in [3.05, 3.63) is 29.8 Å². The van der Waals surface area contributed by atoms with Crippen LogP contribution in [-0.4, -0.2) is 48.2 Å². The van der Waals surface area contributed by atoms with Crippen LogP contribution in [0.4, 0.5) is 5.69 Å². The molecule has 1 heterocycles. The molecule has 0 bridgehead atoms. The lowest BCUT2D eigenvalue weighted by Gasteiger charge is -2.37. The SMILES string of the molecule is CCc1ccc(N2CCN(C(C)C(=O)O)CC2)cc1. The molecular weight excluding hydrogens is 240 g/mol. The Bertz CT molecular complexity index is 422. The van der Waals surface area contributed by atoms with Gasteiger partial charge in [-0.25, -0.2) is 0 Å². The number of nitrogens with zero attached hydrogens (tertiary/aromatic N) is 2. The number of aliphatic carboxylic acids is 1. The first-order valence-corrected chi connectivity index (χ1v) is 6.92. The zero-order valence-electron chi connectivity index (χ0n) is 11.7. The Kier molecular flexibility index (Phi) is 4.43. The minimum Gasteiger partial charge on any atom is -0.480 e. The lowest BCUT2D eigenvalue weighted by Crippen LogP contribution is -2.51. The first kappa shape index (κ1) is 13.9. The summed E-state index contributed by atoms with van der Waals surface area (Å²) in [5.41, 5.74) is 2.58. The number of anilines is 1. The van der Waals surface area contributed by atoms with Gasteiger partial charge in [-0.2, -0.15) is 0 Å². The van der Waals surface area contributed by atoms with Gasteiger partial charge in [0.15, 0.2) is 0 Å². The molecule has 1 saturated heterocycles. The Balaban J connectivity index is 1.93. The minimum atomic E-state index is -0.735. The molecule has 1 N–H and O–H groups in total. The molecule has 1 fully saturated rings. The summed E-state index contributed by atoms with van der Waals surface area (Å²) in [7, 11) is 0. The Hall–Kier alpha value is -1.55. The van der Waals surface area contributed by atoms with E-state index in [1.165, 1.54) is 11.3 Å². The number of hydrogen-bond donors (Lipinski definition) is 1. The van der Waals surface area contributed by atoms with E-state index in [0.29, 0.717) is 0 Å². The van der Waals surface area contributed by atoms with E-state index in [0.717, 1.165) is 32.6 Å². The van der Waals surface area contributed by atoms with Gasteiger partial charge in [0.1, 0.15) is 6.04 Å². The fraction of sp³-hybridized carbons (Fsp3) is 0.533. The lowest BCUT2D eigenvalue weighted by atomic mass is 10.1. The average molecular weight is 262 g/mol. The molecule has 19 heavy (non-hydrogen) atoms. The highest BCUT2D eigenvalue weighted by Gasteiger charge is 2.25. The first-order valence-electron chi connectivity index (χ1n) is 6.92. The van der Waals surface area contributed by atoms with Crippen LogP contribution in [-0.2, 0) is 11.2 Å². The molecule has 1 aliphatic heterocycles. The van der Waals surface area contributed by atoms with Crippen LogP contribution in [0.15, 0.2) is 24.3 Å². The third-order valence-electron chi connectivity index (χ3n) is 3.93. The number of hydrogen-bond acceptors (Lipinski definition) is 3. The predicted molar refractivity (Wildman–Crippen MR) is 76.7 cm³/mol. The number of carboxylic acid groups (broad SMARTS) is 1. The zero-order valence-corrected chi connectivity index (χ0v) is 11.7. The first-order chi connectivity index (χ1) is 9.11. The highest BCUT2D eigenvalue weighted by molar-refractivity contribution is 5.72. The highest BCUT2D eigenvalue weighted by Crippen LogP contribution is 2.18. The minimum absolute atomic E-state index is 0.385. The van der Waals surface area contributed by atoms with E-state index < -0.39 is 5.97 Å². The maximum absolute atomic E-state index is 11.0. The standard InChI is InChI=1S/C15H22N2O2/c1-3-13-4-6-14(7-5-13)17-10-8-16(9-11-17)12(2)15(18)19/h4-7,12H,3,8-11H2,1-2H3,(H,18,19). The largest absolute Gasteiger partial charge is 0.480 e. The third kappa shape index (κ3) is 3.26. The summed E-state index contributed by atoms with van der Waals surface area (Å²) < 4.78 is 0. The second kappa shape index (κ2) is 6.06. The molecule has 0 aliphatic carbocycles. The molecule has 0 saturated carbocycles.